The minimum Gasteiger partial charge on any atom is -0.390 e. The Morgan fingerprint density at radius 3 is 2.56 bits per heavy atom. The van der Waals surface area contributed by atoms with Gasteiger partial charge in [-0.05, 0) is 80.9 Å². The summed E-state index contributed by atoms with van der Waals surface area (Å²) < 4.78 is 15.3. The Bertz CT molecular complexity index is 1240. The molecule has 39 heavy (non-hydrogen) atoms. The molecule has 0 fully saturated rings. The average Bonchev–Trinajstić information content (AvgIpc) is 2.82. The number of nitrogens with zero attached hydrogens (tertiary/aromatic N) is 2. The van der Waals surface area contributed by atoms with Crippen LogP contribution in [0.5, 0.6) is 0 Å². The number of fused-ring (bicyclic) bond motifs is 1. The highest BCUT2D eigenvalue weighted by Gasteiger charge is 2.26. The monoisotopic (exact) mass is 533 g/mol. The van der Waals surface area contributed by atoms with Gasteiger partial charge < -0.3 is 10.4 Å². The van der Waals surface area contributed by atoms with Crippen LogP contribution < -0.4 is 5.32 Å². The largest absolute Gasteiger partial charge is 0.390 e. The SMILES string of the molecule is CN=C(/C=C(\C)CC(C)(O)Cc1ccc(C2=CNC3C=C(CCCC(C)C)C(C)=CC3=N2)cc1F)C(C)(C)C. The van der Waals surface area contributed by atoms with Gasteiger partial charge in [0, 0.05) is 36.4 Å². The highest BCUT2D eigenvalue weighted by atomic mass is 19.1. The zero-order chi connectivity index (χ0) is 29.0. The van der Waals surface area contributed by atoms with E-state index in [0.717, 1.165) is 34.9 Å². The van der Waals surface area contributed by atoms with Gasteiger partial charge in [-0.25, -0.2) is 9.38 Å². The van der Waals surface area contributed by atoms with Crippen molar-refractivity contribution in [1.29, 1.82) is 0 Å². The zero-order valence-electron chi connectivity index (χ0n) is 25.5. The Labute approximate surface area is 235 Å². The van der Waals surface area contributed by atoms with E-state index in [9.17, 15) is 5.11 Å². The lowest BCUT2D eigenvalue weighted by atomic mass is 9.85. The number of benzene rings is 1. The summed E-state index contributed by atoms with van der Waals surface area (Å²) >= 11 is 0. The summed E-state index contributed by atoms with van der Waals surface area (Å²) in [5.41, 5.74) is 6.36. The first kappa shape index (κ1) is 30.7. The summed E-state index contributed by atoms with van der Waals surface area (Å²) in [6.07, 6.45) is 12.5. The van der Waals surface area contributed by atoms with Crippen molar-refractivity contribution in [2.24, 2.45) is 21.3 Å². The maximum atomic E-state index is 15.3. The molecule has 5 heteroatoms. The molecule has 1 aliphatic heterocycles. The number of hydrogen-bond donors (Lipinski definition) is 2. The zero-order valence-corrected chi connectivity index (χ0v) is 25.5. The van der Waals surface area contributed by atoms with Gasteiger partial charge in [0.2, 0.25) is 0 Å². The van der Waals surface area contributed by atoms with Gasteiger partial charge in [0.15, 0.2) is 0 Å². The van der Waals surface area contributed by atoms with Crippen molar-refractivity contribution >= 4 is 17.1 Å². The van der Waals surface area contributed by atoms with Crippen molar-refractivity contribution in [3.63, 3.8) is 0 Å². The van der Waals surface area contributed by atoms with E-state index in [-0.39, 0.29) is 23.7 Å². The molecule has 0 saturated carbocycles. The molecule has 0 saturated heterocycles. The normalized spacial score (nSPS) is 19.9. The van der Waals surface area contributed by atoms with Crippen molar-refractivity contribution in [2.75, 3.05) is 7.05 Å². The second-order valence-electron chi connectivity index (χ2n) is 13.0. The predicted molar refractivity (Wildman–Crippen MR) is 165 cm³/mol. The molecule has 2 atom stereocenters. The topological polar surface area (TPSA) is 57.0 Å². The minimum atomic E-state index is -1.08. The maximum absolute atomic E-state index is 15.3. The number of hydrogen-bond acceptors (Lipinski definition) is 4. The molecule has 2 unspecified atom stereocenters. The van der Waals surface area contributed by atoms with E-state index in [4.69, 9.17) is 4.99 Å². The van der Waals surface area contributed by atoms with Crippen LogP contribution in [-0.2, 0) is 6.42 Å². The lowest BCUT2D eigenvalue weighted by molar-refractivity contribution is 0.0600. The first-order valence-corrected chi connectivity index (χ1v) is 14.3. The van der Waals surface area contributed by atoms with Gasteiger partial charge in [-0.2, -0.15) is 0 Å². The molecule has 0 amide bonds. The van der Waals surface area contributed by atoms with Crippen molar-refractivity contribution in [2.45, 2.75) is 99.1 Å². The first-order valence-electron chi connectivity index (χ1n) is 14.3. The van der Waals surface area contributed by atoms with Crippen molar-refractivity contribution in [3.8, 4) is 0 Å². The smallest absolute Gasteiger partial charge is 0.127 e. The number of rotatable bonds is 10. The third-order valence-electron chi connectivity index (χ3n) is 7.41. The van der Waals surface area contributed by atoms with Crippen molar-refractivity contribution < 1.29 is 9.50 Å². The van der Waals surface area contributed by atoms with Crippen LogP contribution in [0.2, 0.25) is 0 Å². The van der Waals surface area contributed by atoms with E-state index in [1.807, 2.05) is 25.3 Å². The lowest BCUT2D eigenvalue weighted by Gasteiger charge is -2.27. The van der Waals surface area contributed by atoms with Crippen LogP contribution in [0, 0.1) is 17.2 Å². The van der Waals surface area contributed by atoms with Crippen LogP contribution in [0.25, 0.3) is 5.70 Å². The molecular formula is C34H48FN3O. The molecule has 0 bridgehead atoms. The molecule has 1 heterocycles. The second-order valence-corrected chi connectivity index (χ2v) is 13.0. The Morgan fingerprint density at radius 2 is 1.95 bits per heavy atom. The predicted octanol–water partition coefficient (Wildman–Crippen LogP) is 8.00. The van der Waals surface area contributed by atoms with Crippen LogP contribution in [0.4, 0.5) is 4.39 Å². The average molecular weight is 534 g/mol. The highest BCUT2D eigenvalue weighted by Crippen LogP contribution is 2.30. The molecule has 3 rings (SSSR count). The Kier molecular flexibility index (Phi) is 9.93. The van der Waals surface area contributed by atoms with Crippen LogP contribution in [0.3, 0.4) is 0 Å². The van der Waals surface area contributed by atoms with Gasteiger partial charge in [0.1, 0.15) is 5.82 Å². The van der Waals surface area contributed by atoms with E-state index < -0.39 is 5.60 Å². The second kappa shape index (κ2) is 12.6. The van der Waals surface area contributed by atoms with Crippen molar-refractivity contribution in [1.82, 2.24) is 5.32 Å². The number of aliphatic imine (C=N–C) groups is 2. The molecule has 1 aromatic carbocycles. The Balaban J connectivity index is 1.70. The molecule has 212 valence electrons. The van der Waals surface area contributed by atoms with Crippen molar-refractivity contribution in [3.05, 3.63) is 76.3 Å². The van der Waals surface area contributed by atoms with Gasteiger partial charge >= 0.3 is 0 Å². The maximum Gasteiger partial charge on any atom is 0.127 e. The summed E-state index contributed by atoms with van der Waals surface area (Å²) in [4.78, 5) is 9.27. The number of nitrogens with one attached hydrogen (secondary N) is 1. The summed E-state index contributed by atoms with van der Waals surface area (Å²) in [5.74, 6) is 0.390. The Morgan fingerprint density at radius 1 is 1.23 bits per heavy atom. The number of allylic oxidation sites excluding steroid dienone is 3. The van der Waals surface area contributed by atoms with Gasteiger partial charge in [-0.15, -0.1) is 0 Å². The molecule has 4 nitrogen and oxygen atoms in total. The van der Waals surface area contributed by atoms with E-state index in [0.29, 0.717) is 17.7 Å². The molecule has 2 N–H and O–H groups in total. The highest BCUT2D eigenvalue weighted by molar-refractivity contribution is 6.06. The van der Waals surface area contributed by atoms with Crippen LogP contribution >= 0.6 is 0 Å². The van der Waals surface area contributed by atoms with E-state index >= 15 is 4.39 Å². The van der Waals surface area contributed by atoms with E-state index in [1.165, 1.54) is 30.1 Å². The molecule has 0 aromatic heterocycles. The molecule has 1 aromatic rings. The molecule has 1 aliphatic carbocycles. The third-order valence-corrected chi connectivity index (χ3v) is 7.41. The van der Waals surface area contributed by atoms with E-state index in [2.05, 4.69) is 64.0 Å². The molecule has 0 spiro atoms. The van der Waals surface area contributed by atoms with Crippen LogP contribution in [0.15, 0.2) is 69.3 Å². The molecule has 0 radical (unpaired) electrons. The minimum absolute atomic E-state index is 0.0542. The van der Waals surface area contributed by atoms with Gasteiger partial charge in [-0.3, -0.25) is 4.99 Å². The fourth-order valence-electron chi connectivity index (χ4n) is 5.35. The quantitative estimate of drug-likeness (QED) is 0.299. The van der Waals surface area contributed by atoms with Crippen LogP contribution in [0.1, 0.15) is 92.2 Å². The lowest BCUT2D eigenvalue weighted by Crippen LogP contribution is -2.35. The fraction of sp³-hybridized carbons (Fsp3) is 0.529. The van der Waals surface area contributed by atoms with Gasteiger partial charge in [0.05, 0.1) is 23.1 Å². The van der Waals surface area contributed by atoms with E-state index in [1.54, 1.807) is 20.0 Å². The van der Waals surface area contributed by atoms with Gasteiger partial charge in [-0.1, -0.05) is 64.8 Å². The molecular weight excluding hydrogens is 485 g/mol. The number of aliphatic hydroxyl groups is 1. The summed E-state index contributed by atoms with van der Waals surface area (Å²) in [5, 5.41) is 14.6. The Hall–Kier alpha value is -2.79. The number of halogens is 1. The molecule has 2 aliphatic rings. The summed E-state index contributed by atoms with van der Waals surface area (Å²) in [6, 6.07) is 5.25. The standard InChI is InChI=1S/C34H48FN3O/c1-22(2)11-10-12-25-18-29-30(16-24(25)4)38-31(21-37-29)26-13-14-27(28(35)17-26)20-34(8,39)19-23(3)15-32(36-9)33(5,6)7/h13-18,21-22,29,37,39H,10-12,19-20H2,1-9H3/b23-15+,36-32?. The van der Waals surface area contributed by atoms with Gasteiger partial charge in [0.25, 0.3) is 0 Å². The summed E-state index contributed by atoms with van der Waals surface area (Å²) in [7, 11) is 1.79. The fourth-order valence-corrected chi connectivity index (χ4v) is 5.35. The first-order chi connectivity index (χ1) is 18.2. The van der Waals surface area contributed by atoms with Crippen LogP contribution in [-0.4, -0.2) is 35.2 Å². The summed E-state index contributed by atoms with van der Waals surface area (Å²) in [6.45, 7) is 16.8. The third kappa shape index (κ3) is 8.60.